The van der Waals surface area contributed by atoms with E-state index >= 15 is 0 Å². The SMILES string of the molecule is C(=Cc1ccc2cc(C=Cc3cc4cccc5ccc6cccc3c6c54)ccc2c1)c1ccc2cc(C=Cc3cc4cccc5ccc6cccc3c6c54)ccc2c1. The second-order valence-electron chi connectivity index (χ2n) is 15.8. The minimum absolute atomic E-state index is 1.19. The number of hydrogen-bond acceptors (Lipinski definition) is 0. The molecule has 0 radical (unpaired) electrons. The second kappa shape index (κ2) is 13.0. The Morgan fingerprint density at radius 2 is 0.500 bits per heavy atom. The Morgan fingerprint density at radius 3 is 0.879 bits per heavy atom. The Labute approximate surface area is 336 Å². The molecular weight excluding hydrogens is 697 g/mol. The van der Waals surface area contributed by atoms with E-state index in [-0.39, 0.29) is 0 Å². The molecule has 58 heavy (non-hydrogen) atoms. The number of hydrogen-bond donors (Lipinski definition) is 0. The van der Waals surface area contributed by atoms with E-state index in [9.17, 15) is 0 Å². The molecule has 0 spiro atoms. The van der Waals surface area contributed by atoms with Gasteiger partial charge in [-0.2, -0.15) is 0 Å². The van der Waals surface area contributed by atoms with Crippen LogP contribution < -0.4 is 0 Å². The van der Waals surface area contributed by atoms with Crippen molar-refractivity contribution in [1.82, 2.24) is 0 Å². The summed E-state index contributed by atoms with van der Waals surface area (Å²) in [6.45, 7) is 0. The van der Waals surface area contributed by atoms with E-state index in [0.29, 0.717) is 0 Å². The summed E-state index contributed by atoms with van der Waals surface area (Å²) in [5, 5.41) is 20.8. The van der Waals surface area contributed by atoms with Crippen molar-refractivity contribution in [1.29, 1.82) is 0 Å². The van der Waals surface area contributed by atoms with Gasteiger partial charge in [0, 0.05) is 0 Å². The van der Waals surface area contributed by atoms with Gasteiger partial charge in [0.2, 0.25) is 0 Å². The Kier molecular flexibility index (Phi) is 7.33. The third kappa shape index (κ3) is 5.45. The molecular formula is C58H36. The average Bonchev–Trinajstić information content (AvgIpc) is 3.28. The molecule has 0 saturated heterocycles. The zero-order valence-electron chi connectivity index (χ0n) is 31.8. The van der Waals surface area contributed by atoms with Crippen LogP contribution in [0.3, 0.4) is 0 Å². The summed E-state index contributed by atoms with van der Waals surface area (Å²) in [5.74, 6) is 0. The first-order chi connectivity index (χ1) is 28.7. The van der Waals surface area contributed by atoms with Crippen LogP contribution in [0.1, 0.15) is 33.4 Å². The molecule has 0 heteroatoms. The van der Waals surface area contributed by atoms with Crippen molar-refractivity contribution in [3.8, 4) is 0 Å². The summed E-state index contributed by atoms with van der Waals surface area (Å²) in [6.07, 6.45) is 13.5. The quantitative estimate of drug-likeness (QED) is 0.118. The maximum atomic E-state index is 2.33. The lowest BCUT2D eigenvalue weighted by molar-refractivity contribution is 1.67. The van der Waals surface area contributed by atoms with Gasteiger partial charge in [0.25, 0.3) is 0 Å². The van der Waals surface area contributed by atoms with Crippen molar-refractivity contribution in [2.24, 2.45) is 0 Å². The first-order valence-corrected chi connectivity index (χ1v) is 20.1. The van der Waals surface area contributed by atoms with Crippen LogP contribution in [0.15, 0.2) is 182 Å². The van der Waals surface area contributed by atoms with Crippen LogP contribution in [-0.2, 0) is 0 Å². The van der Waals surface area contributed by atoms with Gasteiger partial charge >= 0.3 is 0 Å². The molecule has 0 aromatic heterocycles. The second-order valence-corrected chi connectivity index (χ2v) is 15.8. The highest BCUT2D eigenvalue weighted by atomic mass is 14.2. The molecule has 0 unspecified atom stereocenters. The van der Waals surface area contributed by atoms with Gasteiger partial charge in [-0.25, -0.2) is 0 Å². The maximum Gasteiger partial charge on any atom is -0.00208 e. The lowest BCUT2D eigenvalue weighted by Crippen LogP contribution is -1.86. The fourth-order valence-corrected chi connectivity index (χ4v) is 9.40. The molecule has 12 rings (SSSR count). The molecule has 12 aromatic carbocycles. The van der Waals surface area contributed by atoms with Gasteiger partial charge < -0.3 is 0 Å². The van der Waals surface area contributed by atoms with E-state index in [4.69, 9.17) is 0 Å². The third-order valence-corrected chi connectivity index (χ3v) is 12.2. The zero-order valence-corrected chi connectivity index (χ0v) is 31.8. The van der Waals surface area contributed by atoms with Crippen LogP contribution in [0.4, 0.5) is 0 Å². The highest BCUT2D eigenvalue weighted by Crippen LogP contribution is 2.39. The van der Waals surface area contributed by atoms with Gasteiger partial charge in [-0.05, 0) is 156 Å². The molecule has 268 valence electrons. The molecule has 0 aliphatic carbocycles. The van der Waals surface area contributed by atoms with Gasteiger partial charge in [0.15, 0.2) is 0 Å². The molecule has 0 N–H and O–H groups in total. The van der Waals surface area contributed by atoms with E-state index in [1.807, 2.05) is 0 Å². The summed E-state index contributed by atoms with van der Waals surface area (Å²) in [5.41, 5.74) is 7.28. The van der Waals surface area contributed by atoms with E-state index in [1.165, 1.54) is 120 Å². The molecule has 0 heterocycles. The normalized spacial score (nSPS) is 12.6. The first-order valence-electron chi connectivity index (χ1n) is 20.1. The standard InChI is InChI=1S/C58H36/c1-5-41-27-29-43-7-3-11-53-49(35-51(9-1)55(41)57(43)53)25-19-39-17-23-45-31-37(15-21-47(45)33-39)13-14-38-16-22-48-34-40(18-24-46(48)32-38)20-26-50-36-52-10-2-6-42-28-30-44-8-4-12-54(50)58(44)56(42)52/h1-36H. The lowest BCUT2D eigenvalue weighted by Gasteiger charge is -2.13. The van der Waals surface area contributed by atoms with Crippen molar-refractivity contribution >= 4 is 123 Å². The molecule has 0 nitrogen and oxygen atoms in total. The fraction of sp³-hybridized carbons (Fsp3) is 0. The summed E-state index contributed by atoms with van der Waals surface area (Å²) in [6, 6.07) is 67.1. The summed E-state index contributed by atoms with van der Waals surface area (Å²) < 4.78 is 0. The zero-order chi connectivity index (χ0) is 38.2. The highest BCUT2D eigenvalue weighted by Gasteiger charge is 2.12. The Balaban J connectivity index is 0.784. The first kappa shape index (κ1) is 32.7. The van der Waals surface area contributed by atoms with Crippen LogP contribution in [0.25, 0.3) is 123 Å². The molecule has 0 saturated carbocycles. The van der Waals surface area contributed by atoms with Crippen molar-refractivity contribution in [2.45, 2.75) is 0 Å². The third-order valence-electron chi connectivity index (χ3n) is 12.2. The molecule has 0 aliphatic rings. The molecule has 0 aliphatic heterocycles. The summed E-state index contributed by atoms with van der Waals surface area (Å²) >= 11 is 0. The van der Waals surface area contributed by atoms with Crippen LogP contribution in [0.2, 0.25) is 0 Å². The number of benzene rings is 12. The van der Waals surface area contributed by atoms with Crippen molar-refractivity contribution in [2.75, 3.05) is 0 Å². The highest BCUT2D eigenvalue weighted by molar-refractivity contribution is 6.26. The van der Waals surface area contributed by atoms with E-state index in [0.717, 1.165) is 0 Å². The minimum atomic E-state index is 1.19. The van der Waals surface area contributed by atoms with Crippen molar-refractivity contribution in [3.63, 3.8) is 0 Å². The van der Waals surface area contributed by atoms with Crippen LogP contribution in [-0.4, -0.2) is 0 Å². The van der Waals surface area contributed by atoms with Crippen molar-refractivity contribution in [3.05, 3.63) is 215 Å². The Morgan fingerprint density at radius 1 is 0.207 bits per heavy atom. The Bertz CT molecular complexity index is 3420. The van der Waals surface area contributed by atoms with Crippen molar-refractivity contribution < 1.29 is 0 Å². The fourth-order valence-electron chi connectivity index (χ4n) is 9.40. The smallest absolute Gasteiger partial charge is 0.00208 e. The van der Waals surface area contributed by atoms with Crippen LogP contribution in [0.5, 0.6) is 0 Å². The van der Waals surface area contributed by atoms with Gasteiger partial charge in [-0.1, -0.05) is 182 Å². The van der Waals surface area contributed by atoms with Crippen LogP contribution in [0, 0.1) is 0 Å². The molecule has 12 aromatic rings. The van der Waals surface area contributed by atoms with E-state index < -0.39 is 0 Å². The Hall–Kier alpha value is -7.54. The monoisotopic (exact) mass is 732 g/mol. The molecule has 0 bridgehead atoms. The maximum absolute atomic E-state index is 2.33. The number of fused-ring (bicyclic) bond motifs is 2. The lowest BCUT2D eigenvalue weighted by atomic mass is 9.91. The van der Waals surface area contributed by atoms with Crippen LogP contribution >= 0.6 is 0 Å². The number of rotatable bonds is 6. The predicted molar refractivity (Wildman–Crippen MR) is 255 cm³/mol. The topological polar surface area (TPSA) is 0 Å². The van der Waals surface area contributed by atoms with Gasteiger partial charge in [0.05, 0.1) is 0 Å². The molecule has 0 atom stereocenters. The van der Waals surface area contributed by atoms with Gasteiger partial charge in [-0.3, -0.25) is 0 Å². The van der Waals surface area contributed by atoms with Gasteiger partial charge in [0.1, 0.15) is 0 Å². The van der Waals surface area contributed by atoms with Gasteiger partial charge in [-0.15, -0.1) is 0 Å². The predicted octanol–water partition coefficient (Wildman–Crippen LogP) is 16.3. The summed E-state index contributed by atoms with van der Waals surface area (Å²) in [7, 11) is 0. The summed E-state index contributed by atoms with van der Waals surface area (Å²) in [4.78, 5) is 0. The van der Waals surface area contributed by atoms with E-state index in [1.54, 1.807) is 0 Å². The molecule has 0 fully saturated rings. The van der Waals surface area contributed by atoms with E-state index in [2.05, 4.69) is 218 Å². The minimum Gasteiger partial charge on any atom is -0.0610 e. The largest absolute Gasteiger partial charge is 0.0610 e. The molecule has 0 amide bonds. The average molecular weight is 733 g/mol.